The molecule has 0 unspecified atom stereocenters. The van der Waals surface area contributed by atoms with Crippen molar-refractivity contribution in [3.63, 3.8) is 0 Å². The highest BCUT2D eigenvalue weighted by atomic mass is 16.1. The molecular weight excluding hydrogens is 280 g/mol. The molecule has 1 aliphatic heterocycles. The van der Waals surface area contributed by atoms with Crippen LogP contribution in [0.2, 0.25) is 0 Å². The summed E-state index contributed by atoms with van der Waals surface area (Å²) in [6, 6.07) is 1.61. The topological polar surface area (TPSA) is 67.2 Å². The first kappa shape index (κ1) is 16.3. The second-order valence-electron chi connectivity index (χ2n) is 5.66. The molecule has 6 nitrogen and oxygen atoms in total. The van der Waals surface area contributed by atoms with Crippen molar-refractivity contribution < 1.29 is 4.79 Å². The zero-order valence-corrected chi connectivity index (χ0v) is 13.3. The first-order valence-electron chi connectivity index (χ1n) is 7.80. The van der Waals surface area contributed by atoms with Crippen molar-refractivity contribution >= 4 is 11.6 Å². The van der Waals surface area contributed by atoms with Gasteiger partial charge in [-0.05, 0) is 18.8 Å². The number of carbonyl (C=O) groups excluding carboxylic acids is 1. The normalized spacial score (nSPS) is 18.1. The van der Waals surface area contributed by atoms with Crippen LogP contribution in [-0.2, 0) is 11.8 Å². The molecule has 0 radical (unpaired) electrons. The van der Waals surface area contributed by atoms with E-state index in [1.165, 1.54) is 4.68 Å². The summed E-state index contributed by atoms with van der Waals surface area (Å²) in [4.78, 5) is 25.5. The highest BCUT2D eigenvalue weighted by molar-refractivity contribution is 5.77. The maximum atomic E-state index is 11.7. The monoisotopic (exact) mass is 304 g/mol. The number of nitrogens with one attached hydrogen (secondary N) is 1. The van der Waals surface area contributed by atoms with Gasteiger partial charge in [0.15, 0.2) is 0 Å². The van der Waals surface area contributed by atoms with E-state index < -0.39 is 0 Å². The van der Waals surface area contributed by atoms with Crippen LogP contribution >= 0.6 is 0 Å². The van der Waals surface area contributed by atoms with Crippen molar-refractivity contribution in [3.8, 4) is 0 Å². The number of anilines is 1. The Bertz CT molecular complexity index is 594. The van der Waals surface area contributed by atoms with Crippen LogP contribution in [0.3, 0.4) is 0 Å². The lowest BCUT2D eigenvalue weighted by Crippen LogP contribution is -2.31. The summed E-state index contributed by atoms with van der Waals surface area (Å²) in [5, 5.41) is 7.03. The van der Waals surface area contributed by atoms with Crippen LogP contribution < -0.4 is 15.8 Å². The zero-order chi connectivity index (χ0) is 15.9. The smallest absolute Gasteiger partial charge is 0.268 e. The lowest BCUT2D eigenvalue weighted by Gasteiger charge is -2.18. The van der Waals surface area contributed by atoms with Gasteiger partial charge in [0, 0.05) is 39.2 Å². The van der Waals surface area contributed by atoms with Gasteiger partial charge < -0.3 is 10.2 Å². The van der Waals surface area contributed by atoms with Gasteiger partial charge in [0.1, 0.15) is 0 Å². The Morgan fingerprint density at radius 2 is 2.32 bits per heavy atom. The van der Waals surface area contributed by atoms with Gasteiger partial charge in [-0.3, -0.25) is 9.59 Å². The van der Waals surface area contributed by atoms with Crippen LogP contribution in [0.25, 0.3) is 0 Å². The van der Waals surface area contributed by atoms with E-state index in [0.29, 0.717) is 18.9 Å². The molecule has 0 saturated carbocycles. The fourth-order valence-corrected chi connectivity index (χ4v) is 2.55. The molecule has 1 saturated heterocycles. The summed E-state index contributed by atoms with van der Waals surface area (Å²) in [6.07, 6.45) is 8.04. The molecule has 2 rings (SSSR count). The molecule has 1 aromatic heterocycles. The van der Waals surface area contributed by atoms with Crippen LogP contribution in [0.5, 0.6) is 0 Å². The Morgan fingerprint density at radius 1 is 1.50 bits per heavy atom. The van der Waals surface area contributed by atoms with Gasteiger partial charge in [-0.15, -0.1) is 0 Å². The Hall–Kier alpha value is -2.11. The number of aromatic nitrogens is 2. The van der Waals surface area contributed by atoms with Gasteiger partial charge >= 0.3 is 0 Å². The molecule has 1 aromatic rings. The van der Waals surface area contributed by atoms with Gasteiger partial charge in [-0.1, -0.05) is 19.1 Å². The molecule has 22 heavy (non-hydrogen) atoms. The highest BCUT2D eigenvalue weighted by Gasteiger charge is 2.23. The molecule has 1 fully saturated rings. The van der Waals surface area contributed by atoms with Gasteiger partial charge in [-0.2, -0.15) is 5.10 Å². The maximum Gasteiger partial charge on any atom is 0.268 e. The second kappa shape index (κ2) is 7.77. The SMILES string of the molecule is CC/C=C/CC(=O)NC[C@@H]1CCN(c2cnn(C)c(=O)c2)C1. The summed E-state index contributed by atoms with van der Waals surface area (Å²) < 4.78 is 1.32. The third-order valence-corrected chi connectivity index (χ3v) is 3.90. The molecule has 2 heterocycles. The van der Waals surface area contributed by atoms with Crippen LogP contribution in [0, 0.1) is 5.92 Å². The van der Waals surface area contributed by atoms with Gasteiger partial charge in [0.2, 0.25) is 5.91 Å². The predicted molar refractivity (Wildman–Crippen MR) is 86.9 cm³/mol. The number of rotatable bonds is 6. The van der Waals surface area contributed by atoms with E-state index in [1.54, 1.807) is 19.3 Å². The molecule has 0 bridgehead atoms. The van der Waals surface area contributed by atoms with Crippen molar-refractivity contribution in [1.29, 1.82) is 0 Å². The molecule has 0 aromatic carbocycles. The van der Waals surface area contributed by atoms with E-state index in [4.69, 9.17) is 0 Å². The lowest BCUT2D eigenvalue weighted by atomic mass is 10.1. The summed E-state index contributed by atoms with van der Waals surface area (Å²) in [5.41, 5.74) is 0.764. The number of allylic oxidation sites excluding steroid dienone is 1. The number of amides is 1. The van der Waals surface area contributed by atoms with Crippen molar-refractivity contribution in [2.24, 2.45) is 13.0 Å². The van der Waals surface area contributed by atoms with E-state index in [0.717, 1.165) is 31.6 Å². The molecule has 1 N–H and O–H groups in total. The van der Waals surface area contributed by atoms with E-state index in [-0.39, 0.29) is 11.5 Å². The summed E-state index contributed by atoms with van der Waals surface area (Å²) in [5.74, 6) is 0.488. The number of hydrogen-bond donors (Lipinski definition) is 1. The minimum atomic E-state index is -0.100. The quantitative estimate of drug-likeness (QED) is 0.799. The molecular formula is C16H24N4O2. The first-order valence-corrected chi connectivity index (χ1v) is 7.80. The van der Waals surface area contributed by atoms with Crippen LogP contribution in [0.4, 0.5) is 5.69 Å². The fourth-order valence-electron chi connectivity index (χ4n) is 2.55. The average Bonchev–Trinajstić information content (AvgIpc) is 2.97. The third kappa shape index (κ3) is 4.44. The van der Waals surface area contributed by atoms with E-state index >= 15 is 0 Å². The van der Waals surface area contributed by atoms with Crippen molar-refractivity contribution in [2.45, 2.75) is 26.2 Å². The van der Waals surface area contributed by atoms with Crippen molar-refractivity contribution in [1.82, 2.24) is 15.1 Å². The Labute approximate surface area is 130 Å². The Kier molecular flexibility index (Phi) is 5.75. The number of nitrogens with zero attached hydrogens (tertiary/aromatic N) is 3. The van der Waals surface area contributed by atoms with Crippen LogP contribution in [0.1, 0.15) is 26.2 Å². The minimum absolute atomic E-state index is 0.0680. The number of aryl methyl sites for hydroxylation is 1. The molecule has 120 valence electrons. The predicted octanol–water partition coefficient (Wildman–Crippen LogP) is 1.08. The number of carbonyl (C=O) groups is 1. The standard InChI is InChI=1S/C16H24N4O2/c1-3-4-5-6-15(21)17-10-13-7-8-20(12-13)14-9-16(22)19(2)18-11-14/h4-5,9,11,13H,3,6-8,10,12H2,1-2H3,(H,17,21)/b5-4+/t13-/m0/s1. The lowest BCUT2D eigenvalue weighted by molar-refractivity contribution is -0.120. The molecule has 0 spiro atoms. The largest absolute Gasteiger partial charge is 0.370 e. The number of hydrogen-bond acceptors (Lipinski definition) is 4. The van der Waals surface area contributed by atoms with Gasteiger partial charge in [0.25, 0.3) is 5.56 Å². The molecule has 6 heteroatoms. The molecule has 0 aliphatic carbocycles. The highest BCUT2D eigenvalue weighted by Crippen LogP contribution is 2.21. The van der Waals surface area contributed by atoms with Crippen molar-refractivity contribution in [3.05, 3.63) is 34.8 Å². The van der Waals surface area contributed by atoms with Crippen LogP contribution in [0.15, 0.2) is 29.2 Å². The summed E-state index contributed by atoms with van der Waals surface area (Å²) in [6.45, 7) is 4.48. The van der Waals surface area contributed by atoms with Gasteiger partial charge in [-0.25, -0.2) is 4.68 Å². The fraction of sp³-hybridized carbons (Fsp3) is 0.562. The van der Waals surface area contributed by atoms with E-state index in [1.807, 2.05) is 19.1 Å². The summed E-state index contributed by atoms with van der Waals surface area (Å²) >= 11 is 0. The zero-order valence-electron chi connectivity index (χ0n) is 13.3. The van der Waals surface area contributed by atoms with Gasteiger partial charge in [0.05, 0.1) is 11.9 Å². The minimum Gasteiger partial charge on any atom is -0.370 e. The third-order valence-electron chi connectivity index (χ3n) is 3.90. The first-order chi connectivity index (χ1) is 10.6. The summed E-state index contributed by atoms with van der Waals surface area (Å²) in [7, 11) is 1.64. The molecule has 1 atom stereocenters. The average molecular weight is 304 g/mol. The Morgan fingerprint density at radius 3 is 3.05 bits per heavy atom. The molecule has 1 amide bonds. The van der Waals surface area contributed by atoms with E-state index in [9.17, 15) is 9.59 Å². The Balaban J connectivity index is 1.80. The maximum absolute atomic E-state index is 11.7. The second-order valence-corrected chi connectivity index (χ2v) is 5.66. The molecule has 1 aliphatic rings. The van der Waals surface area contributed by atoms with Crippen molar-refractivity contribution in [2.75, 3.05) is 24.5 Å². The van der Waals surface area contributed by atoms with E-state index in [2.05, 4.69) is 15.3 Å². The van der Waals surface area contributed by atoms with Crippen LogP contribution in [-0.4, -0.2) is 35.3 Å².